The van der Waals surface area contributed by atoms with E-state index in [0.717, 1.165) is 4.90 Å². The van der Waals surface area contributed by atoms with E-state index in [4.69, 9.17) is 28.4 Å². The van der Waals surface area contributed by atoms with Crippen molar-refractivity contribution < 1.29 is 57.2 Å². The number of nitrogens with one attached hydrogen (secondary N) is 2. The molecule has 1 aliphatic heterocycles. The van der Waals surface area contributed by atoms with Crippen LogP contribution in [0.15, 0.2) is 12.2 Å². The number of hydrogen-bond acceptors (Lipinski definition) is 12. The van der Waals surface area contributed by atoms with Gasteiger partial charge < -0.3 is 39.1 Å². The average molecular weight is 658 g/mol. The standard InChI is InChI=1S/C31H51N3O12/c1-41-15-3-5-25(35)7-8-26(27(36)6-4-16-42-2)33-29(38)12-17-43-19-21-45-23-24-46-22-20-44-18-13-32-28(37)11-14-34-30(39)9-10-31(34)40/h9-10,26H,3-8,11-24H2,1-2H3,(H,32,37)(H,33,38)/t26-/m0/s1. The van der Waals surface area contributed by atoms with E-state index in [9.17, 15) is 28.8 Å². The highest BCUT2D eigenvalue weighted by Gasteiger charge is 2.23. The van der Waals surface area contributed by atoms with Crippen LogP contribution in [0, 0.1) is 0 Å². The van der Waals surface area contributed by atoms with E-state index in [1.54, 1.807) is 14.2 Å². The Kier molecular flexibility index (Phi) is 24.1. The summed E-state index contributed by atoms with van der Waals surface area (Å²) >= 11 is 0. The van der Waals surface area contributed by atoms with E-state index in [2.05, 4.69) is 10.6 Å². The maximum Gasteiger partial charge on any atom is 0.253 e. The zero-order valence-electron chi connectivity index (χ0n) is 27.2. The zero-order chi connectivity index (χ0) is 33.8. The van der Waals surface area contributed by atoms with Gasteiger partial charge in [-0.2, -0.15) is 0 Å². The molecule has 0 fully saturated rings. The van der Waals surface area contributed by atoms with Crippen LogP contribution in [-0.4, -0.2) is 140 Å². The van der Waals surface area contributed by atoms with E-state index in [1.807, 2.05) is 0 Å². The van der Waals surface area contributed by atoms with E-state index < -0.39 is 17.9 Å². The molecule has 0 unspecified atom stereocenters. The molecule has 262 valence electrons. The largest absolute Gasteiger partial charge is 0.385 e. The molecule has 0 aromatic heterocycles. The molecule has 4 amide bonds. The smallest absolute Gasteiger partial charge is 0.253 e. The topological polar surface area (TPSA) is 185 Å². The van der Waals surface area contributed by atoms with Crippen LogP contribution in [0.1, 0.15) is 51.4 Å². The molecule has 1 atom stereocenters. The maximum atomic E-state index is 12.6. The third-order valence-electron chi connectivity index (χ3n) is 6.63. The molecular formula is C31H51N3O12. The van der Waals surface area contributed by atoms with Crippen molar-refractivity contribution in [2.45, 2.75) is 57.4 Å². The summed E-state index contributed by atoms with van der Waals surface area (Å²) < 4.78 is 31.6. The van der Waals surface area contributed by atoms with Crippen LogP contribution < -0.4 is 10.6 Å². The van der Waals surface area contributed by atoms with Gasteiger partial charge in [0.15, 0.2) is 5.78 Å². The quantitative estimate of drug-likeness (QED) is 0.0760. The highest BCUT2D eigenvalue weighted by Crippen LogP contribution is 2.08. The van der Waals surface area contributed by atoms with Gasteiger partial charge in [0.2, 0.25) is 11.8 Å². The summed E-state index contributed by atoms with van der Waals surface area (Å²) in [4.78, 5) is 72.9. The molecule has 2 N–H and O–H groups in total. The first-order valence-corrected chi connectivity index (χ1v) is 15.7. The molecule has 0 aromatic rings. The van der Waals surface area contributed by atoms with Crippen LogP contribution >= 0.6 is 0 Å². The fraction of sp³-hybridized carbons (Fsp3) is 0.742. The number of carbonyl (C=O) groups excluding carboxylic acids is 6. The Balaban J connectivity index is 2.01. The minimum absolute atomic E-state index is 0.0297. The predicted molar refractivity (Wildman–Crippen MR) is 165 cm³/mol. The molecule has 0 spiro atoms. The van der Waals surface area contributed by atoms with Crippen molar-refractivity contribution in [3.05, 3.63) is 12.2 Å². The monoisotopic (exact) mass is 657 g/mol. The molecule has 0 saturated carbocycles. The molecule has 1 rings (SSSR count). The van der Waals surface area contributed by atoms with Crippen LogP contribution in [-0.2, 0) is 57.2 Å². The maximum absolute atomic E-state index is 12.6. The Morgan fingerprint density at radius 3 is 1.78 bits per heavy atom. The van der Waals surface area contributed by atoms with Crippen LogP contribution in [0.3, 0.4) is 0 Å². The Hall–Kier alpha value is -3.08. The number of carbonyl (C=O) groups is 6. The summed E-state index contributed by atoms with van der Waals surface area (Å²) in [5.74, 6) is -1.51. The van der Waals surface area contributed by atoms with Crippen molar-refractivity contribution in [1.82, 2.24) is 15.5 Å². The molecule has 0 aliphatic carbocycles. The summed E-state index contributed by atoms with van der Waals surface area (Å²) in [6.07, 6.45) is 4.74. The normalized spacial score (nSPS) is 13.3. The third-order valence-corrected chi connectivity index (χ3v) is 6.63. The molecule has 1 heterocycles. The second kappa shape index (κ2) is 27.1. The zero-order valence-corrected chi connectivity index (χ0v) is 27.2. The van der Waals surface area contributed by atoms with E-state index in [1.165, 1.54) is 12.2 Å². The summed E-state index contributed by atoms with van der Waals surface area (Å²) in [5.41, 5.74) is 0. The number of amides is 4. The second-order valence-electron chi connectivity index (χ2n) is 10.3. The van der Waals surface area contributed by atoms with E-state index >= 15 is 0 Å². The van der Waals surface area contributed by atoms with Crippen molar-refractivity contribution in [1.29, 1.82) is 0 Å². The van der Waals surface area contributed by atoms with Crippen LogP contribution in [0.2, 0.25) is 0 Å². The molecule has 46 heavy (non-hydrogen) atoms. The number of rotatable bonds is 31. The molecule has 0 radical (unpaired) electrons. The highest BCUT2D eigenvalue weighted by atomic mass is 16.6. The molecule has 0 aromatic carbocycles. The number of imide groups is 1. The van der Waals surface area contributed by atoms with Gasteiger partial charge in [0.1, 0.15) is 5.78 Å². The van der Waals surface area contributed by atoms with E-state index in [-0.39, 0.29) is 68.6 Å². The fourth-order valence-corrected chi connectivity index (χ4v) is 4.13. The van der Waals surface area contributed by atoms with Crippen molar-refractivity contribution in [3.8, 4) is 0 Å². The Morgan fingerprint density at radius 1 is 0.652 bits per heavy atom. The Morgan fingerprint density at radius 2 is 1.20 bits per heavy atom. The first-order valence-electron chi connectivity index (χ1n) is 15.7. The third kappa shape index (κ3) is 20.9. The highest BCUT2D eigenvalue weighted by molar-refractivity contribution is 6.13. The first kappa shape index (κ1) is 40.9. The SMILES string of the molecule is COCCCC(=O)CC[C@H](NC(=O)CCOCCOCCOCCOCCNC(=O)CCN1C(=O)C=CC1=O)C(=O)CCCOC. The second-order valence-corrected chi connectivity index (χ2v) is 10.3. The van der Waals surface area contributed by atoms with Gasteiger partial charge in [-0.25, -0.2) is 0 Å². The lowest BCUT2D eigenvalue weighted by atomic mass is 10.00. The van der Waals surface area contributed by atoms with Gasteiger partial charge in [0, 0.05) is 84.8 Å². The lowest BCUT2D eigenvalue weighted by Crippen LogP contribution is -2.41. The summed E-state index contributed by atoms with van der Waals surface area (Å²) in [7, 11) is 3.14. The van der Waals surface area contributed by atoms with Gasteiger partial charge in [-0.1, -0.05) is 0 Å². The minimum atomic E-state index is -0.721. The minimum Gasteiger partial charge on any atom is -0.385 e. The summed E-state index contributed by atoms with van der Waals surface area (Å²) in [5, 5.41) is 5.41. The molecule has 15 nitrogen and oxygen atoms in total. The fourth-order valence-electron chi connectivity index (χ4n) is 4.13. The van der Waals surface area contributed by atoms with Gasteiger partial charge in [-0.05, 0) is 19.3 Å². The summed E-state index contributed by atoms with van der Waals surface area (Å²) in [6, 6.07) is -0.721. The number of Topliss-reactive ketones (excluding diaryl/α,β-unsaturated/α-hetero) is 2. The van der Waals surface area contributed by atoms with Crippen molar-refractivity contribution in [2.24, 2.45) is 0 Å². The molecular weight excluding hydrogens is 606 g/mol. The van der Waals surface area contributed by atoms with Gasteiger partial charge in [-0.15, -0.1) is 0 Å². The molecule has 15 heteroatoms. The summed E-state index contributed by atoms with van der Waals surface area (Å²) in [6.45, 7) is 3.77. The lowest BCUT2D eigenvalue weighted by molar-refractivity contribution is -0.137. The lowest BCUT2D eigenvalue weighted by Gasteiger charge is -2.18. The Labute approximate surface area is 271 Å². The van der Waals surface area contributed by atoms with Gasteiger partial charge >= 0.3 is 0 Å². The van der Waals surface area contributed by atoms with Crippen LogP contribution in [0.4, 0.5) is 0 Å². The van der Waals surface area contributed by atoms with Crippen molar-refractivity contribution in [2.75, 3.05) is 93.4 Å². The van der Waals surface area contributed by atoms with Crippen molar-refractivity contribution >= 4 is 35.2 Å². The number of hydrogen-bond donors (Lipinski definition) is 2. The first-order chi connectivity index (χ1) is 22.3. The molecule has 0 saturated heterocycles. The van der Waals surface area contributed by atoms with Gasteiger partial charge in [-0.3, -0.25) is 33.7 Å². The number of ether oxygens (including phenoxy) is 6. The molecule has 1 aliphatic rings. The van der Waals surface area contributed by atoms with Crippen LogP contribution in [0.5, 0.6) is 0 Å². The number of methoxy groups -OCH3 is 2. The Bertz CT molecular complexity index is 941. The number of nitrogens with zero attached hydrogens (tertiary/aromatic N) is 1. The van der Waals surface area contributed by atoms with Crippen molar-refractivity contribution in [3.63, 3.8) is 0 Å². The van der Waals surface area contributed by atoms with Gasteiger partial charge in [0.25, 0.3) is 11.8 Å². The molecule has 0 bridgehead atoms. The van der Waals surface area contributed by atoms with Gasteiger partial charge in [0.05, 0.1) is 58.9 Å². The average Bonchev–Trinajstić information content (AvgIpc) is 3.36. The van der Waals surface area contributed by atoms with E-state index in [0.29, 0.717) is 85.3 Å². The number of ketones is 2. The predicted octanol–water partition coefficient (Wildman–Crippen LogP) is 0.131. The van der Waals surface area contributed by atoms with Crippen LogP contribution in [0.25, 0.3) is 0 Å².